The van der Waals surface area contributed by atoms with E-state index in [1.807, 2.05) is 47.5 Å². The summed E-state index contributed by atoms with van der Waals surface area (Å²) in [6, 6.07) is 17.0. The van der Waals surface area contributed by atoms with E-state index in [1.54, 1.807) is 42.4 Å². The number of hydrazine groups is 1. The lowest BCUT2D eigenvalue weighted by molar-refractivity contribution is -0.126. The van der Waals surface area contributed by atoms with Crippen LogP contribution < -0.4 is 10.7 Å². The smallest absolute Gasteiger partial charge is 0.258 e. The molecule has 1 saturated heterocycles. The van der Waals surface area contributed by atoms with Gasteiger partial charge in [-0.25, -0.2) is 9.99 Å². The Morgan fingerprint density at radius 3 is 2.78 bits per heavy atom. The van der Waals surface area contributed by atoms with Gasteiger partial charge in [-0.3, -0.25) is 30.0 Å². The van der Waals surface area contributed by atoms with Gasteiger partial charge in [0.25, 0.3) is 5.91 Å². The number of rotatable bonds is 9. The van der Waals surface area contributed by atoms with Crippen LogP contribution in [0, 0.1) is 0 Å². The minimum Gasteiger partial charge on any atom is -0.383 e. The summed E-state index contributed by atoms with van der Waals surface area (Å²) in [6.45, 7) is 1.36. The Morgan fingerprint density at radius 2 is 2.00 bits per heavy atom. The van der Waals surface area contributed by atoms with Crippen molar-refractivity contribution in [2.45, 2.75) is 25.3 Å². The molecule has 1 aliphatic heterocycles. The van der Waals surface area contributed by atoms with Gasteiger partial charge in [0.05, 0.1) is 31.0 Å². The first-order chi connectivity index (χ1) is 18.1. The summed E-state index contributed by atoms with van der Waals surface area (Å²) in [4.78, 5) is 30.6. The first-order valence-electron chi connectivity index (χ1n) is 12.2. The van der Waals surface area contributed by atoms with E-state index in [4.69, 9.17) is 4.74 Å². The molecular formula is C27H29N7O3. The van der Waals surface area contributed by atoms with Crippen molar-refractivity contribution in [1.29, 1.82) is 0 Å². The monoisotopic (exact) mass is 499 g/mol. The molecule has 2 amide bonds. The Kier molecular flexibility index (Phi) is 7.38. The SMILES string of the molecule is COCC1CCCN1NC(=O)Cc1cn(-c2ccccc2)c(NC(=O)c2cccc(-c3cn[nH]c3)c2)n1. The molecule has 1 unspecified atom stereocenters. The zero-order chi connectivity index (χ0) is 25.6. The van der Waals surface area contributed by atoms with Crippen molar-refractivity contribution < 1.29 is 14.3 Å². The number of ether oxygens (including phenoxy) is 1. The Balaban J connectivity index is 1.35. The Morgan fingerprint density at radius 1 is 1.14 bits per heavy atom. The second kappa shape index (κ2) is 11.2. The number of H-pyrrole nitrogens is 1. The molecule has 1 aliphatic rings. The van der Waals surface area contributed by atoms with Gasteiger partial charge in [0, 0.05) is 42.9 Å². The van der Waals surface area contributed by atoms with Crippen molar-refractivity contribution in [1.82, 2.24) is 30.2 Å². The molecule has 3 heterocycles. The molecule has 0 aliphatic carbocycles. The molecule has 1 fully saturated rings. The zero-order valence-corrected chi connectivity index (χ0v) is 20.6. The van der Waals surface area contributed by atoms with Gasteiger partial charge in [0.2, 0.25) is 11.9 Å². The number of para-hydroxylation sites is 1. The zero-order valence-electron chi connectivity index (χ0n) is 20.6. The van der Waals surface area contributed by atoms with Crippen LogP contribution in [0.4, 0.5) is 5.95 Å². The highest BCUT2D eigenvalue weighted by Gasteiger charge is 2.26. The summed E-state index contributed by atoms with van der Waals surface area (Å²) in [5, 5.41) is 11.6. The standard InChI is InChI=1S/C27H29N7O3/c1-37-18-24-11-6-12-34(24)32-25(35)14-22-17-33(23-9-3-2-4-10-23)27(30-22)31-26(36)20-8-5-7-19(13-20)21-15-28-29-16-21/h2-5,7-10,13,15-17,24H,6,11-12,14,18H2,1H3,(H,28,29)(H,32,35)(H,30,31,36). The van der Waals surface area contributed by atoms with Crippen LogP contribution in [-0.2, 0) is 16.0 Å². The number of amides is 2. The second-order valence-corrected chi connectivity index (χ2v) is 8.94. The quantitative estimate of drug-likeness (QED) is 0.326. The van der Waals surface area contributed by atoms with Gasteiger partial charge in [-0.2, -0.15) is 5.10 Å². The van der Waals surface area contributed by atoms with Crippen molar-refractivity contribution in [2.75, 3.05) is 25.6 Å². The molecule has 190 valence electrons. The summed E-state index contributed by atoms with van der Waals surface area (Å²) in [7, 11) is 1.66. The molecule has 1 atom stereocenters. The van der Waals surface area contributed by atoms with E-state index in [1.165, 1.54) is 0 Å². The number of aromatic amines is 1. The van der Waals surface area contributed by atoms with Crippen LogP contribution in [0.25, 0.3) is 16.8 Å². The maximum atomic E-state index is 13.2. The number of anilines is 1. The summed E-state index contributed by atoms with van der Waals surface area (Å²) < 4.78 is 7.05. The fourth-order valence-corrected chi connectivity index (χ4v) is 4.52. The number of carbonyl (C=O) groups excluding carboxylic acids is 2. The highest BCUT2D eigenvalue weighted by atomic mass is 16.5. The molecule has 2 aromatic heterocycles. The van der Waals surface area contributed by atoms with Gasteiger partial charge in [0.15, 0.2) is 0 Å². The van der Waals surface area contributed by atoms with Crippen LogP contribution >= 0.6 is 0 Å². The fraction of sp³-hybridized carbons (Fsp3) is 0.259. The molecular weight excluding hydrogens is 470 g/mol. The number of carbonyl (C=O) groups is 2. The molecule has 5 rings (SSSR count). The van der Waals surface area contributed by atoms with E-state index in [0.717, 1.165) is 36.2 Å². The number of hydrogen-bond acceptors (Lipinski definition) is 6. The number of benzene rings is 2. The number of aromatic nitrogens is 4. The van der Waals surface area contributed by atoms with E-state index in [9.17, 15) is 9.59 Å². The predicted octanol–water partition coefficient (Wildman–Crippen LogP) is 3.20. The predicted molar refractivity (Wildman–Crippen MR) is 139 cm³/mol. The fourth-order valence-electron chi connectivity index (χ4n) is 4.52. The van der Waals surface area contributed by atoms with Crippen molar-refractivity contribution in [3.05, 3.63) is 84.4 Å². The van der Waals surface area contributed by atoms with E-state index in [0.29, 0.717) is 23.8 Å². The van der Waals surface area contributed by atoms with Gasteiger partial charge in [0.1, 0.15) is 0 Å². The van der Waals surface area contributed by atoms with Crippen molar-refractivity contribution in [3.63, 3.8) is 0 Å². The van der Waals surface area contributed by atoms with Crippen LogP contribution in [0.5, 0.6) is 0 Å². The lowest BCUT2D eigenvalue weighted by atomic mass is 10.1. The van der Waals surface area contributed by atoms with Crippen LogP contribution in [0.2, 0.25) is 0 Å². The Labute approximate surface area is 214 Å². The second-order valence-electron chi connectivity index (χ2n) is 8.94. The molecule has 37 heavy (non-hydrogen) atoms. The Hall–Kier alpha value is -4.28. The normalized spacial score (nSPS) is 15.5. The van der Waals surface area contributed by atoms with E-state index in [-0.39, 0.29) is 24.3 Å². The summed E-state index contributed by atoms with van der Waals surface area (Å²) in [6.07, 6.45) is 7.33. The molecule has 0 saturated carbocycles. The third kappa shape index (κ3) is 5.76. The largest absolute Gasteiger partial charge is 0.383 e. The van der Waals surface area contributed by atoms with E-state index >= 15 is 0 Å². The minimum atomic E-state index is -0.302. The number of nitrogens with one attached hydrogen (secondary N) is 3. The summed E-state index contributed by atoms with van der Waals surface area (Å²) in [5.74, 6) is -0.124. The first kappa shape index (κ1) is 24.4. The number of hydrogen-bond donors (Lipinski definition) is 3. The van der Waals surface area contributed by atoms with Crippen LogP contribution in [0.15, 0.2) is 73.2 Å². The number of methoxy groups -OCH3 is 1. The lowest BCUT2D eigenvalue weighted by Crippen LogP contribution is -2.47. The molecule has 0 radical (unpaired) electrons. The van der Waals surface area contributed by atoms with E-state index in [2.05, 4.69) is 25.9 Å². The van der Waals surface area contributed by atoms with Gasteiger partial charge in [-0.15, -0.1) is 0 Å². The topological polar surface area (TPSA) is 117 Å². The average Bonchev–Trinajstić information content (AvgIpc) is 3.67. The van der Waals surface area contributed by atoms with Crippen molar-refractivity contribution in [2.24, 2.45) is 0 Å². The maximum absolute atomic E-state index is 13.2. The van der Waals surface area contributed by atoms with E-state index < -0.39 is 0 Å². The van der Waals surface area contributed by atoms with Crippen molar-refractivity contribution in [3.8, 4) is 16.8 Å². The molecule has 3 N–H and O–H groups in total. The Bertz CT molecular complexity index is 1350. The number of imidazole rings is 1. The highest BCUT2D eigenvalue weighted by molar-refractivity contribution is 6.04. The van der Waals surface area contributed by atoms with Crippen molar-refractivity contribution >= 4 is 17.8 Å². The highest BCUT2D eigenvalue weighted by Crippen LogP contribution is 2.22. The molecule has 10 nitrogen and oxygen atoms in total. The van der Waals surface area contributed by atoms with Gasteiger partial charge < -0.3 is 4.74 Å². The average molecular weight is 500 g/mol. The summed E-state index contributed by atoms with van der Waals surface area (Å²) >= 11 is 0. The maximum Gasteiger partial charge on any atom is 0.258 e. The van der Waals surface area contributed by atoms with Gasteiger partial charge >= 0.3 is 0 Å². The third-order valence-corrected chi connectivity index (χ3v) is 6.32. The molecule has 4 aromatic rings. The lowest BCUT2D eigenvalue weighted by Gasteiger charge is -2.24. The van der Waals surface area contributed by atoms with Crippen LogP contribution in [-0.4, -0.2) is 62.9 Å². The van der Waals surface area contributed by atoms with Gasteiger partial charge in [-0.1, -0.05) is 30.3 Å². The molecule has 2 aromatic carbocycles. The molecule has 10 heteroatoms. The third-order valence-electron chi connectivity index (χ3n) is 6.32. The van der Waals surface area contributed by atoms with Gasteiger partial charge in [-0.05, 0) is 42.7 Å². The van der Waals surface area contributed by atoms with Crippen LogP contribution in [0.3, 0.4) is 0 Å². The number of nitrogens with zero attached hydrogens (tertiary/aromatic N) is 4. The first-order valence-corrected chi connectivity index (χ1v) is 12.2. The minimum absolute atomic E-state index is 0.0783. The summed E-state index contributed by atoms with van der Waals surface area (Å²) in [5.41, 5.74) is 6.60. The van der Waals surface area contributed by atoms with Crippen LogP contribution in [0.1, 0.15) is 28.9 Å². The molecule has 0 spiro atoms. The molecule has 0 bridgehead atoms.